The van der Waals surface area contributed by atoms with Gasteiger partial charge in [-0.15, -0.1) is 0 Å². The summed E-state index contributed by atoms with van der Waals surface area (Å²) in [5.41, 5.74) is -0.0531. The third kappa shape index (κ3) is 17.3. The SMILES string of the molecule is C=C(Nc1cc(OC)c(OC)cc1C(=O)O[C@H]1CC(O[C@@H]2C(=O)C(NC(=O)OC)=C3/C(=C\CSSSC)[C@]2(O)C#C/C=C\C#C[C@@H]3O[C@@H]2O[C@@H](C)[C@@H](NO[C@H]3CC[C@H](SC)[C@@H](C)O3)[C@H](O)[C@H]2O[C@H]2C[C@H](OC)[C@@H](NC(C)C)CO2)O[C@@H](C)[C@@H]1O)C(=C)OC. The molecule has 1 aromatic rings. The minimum absolute atomic E-state index is 0.0683. The van der Waals surface area contributed by atoms with Gasteiger partial charge in [-0.25, -0.2) is 9.59 Å². The first kappa shape index (κ1) is 70.9. The van der Waals surface area contributed by atoms with E-state index in [4.69, 9.17) is 66.4 Å². The van der Waals surface area contributed by atoms with Gasteiger partial charge in [0.1, 0.15) is 36.3 Å². The summed E-state index contributed by atoms with van der Waals surface area (Å²) in [5, 5.41) is 46.9. The quantitative estimate of drug-likeness (QED) is 0.0116. The van der Waals surface area contributed by atoms with Crippen molar-refractivity contribution in [2.24, 2.45) is 0 Å². The number of hydrogen-bond donors (Lipinski definition) is 7. The highest BCUT2D eigenvalue weighted by molar-refractivity contribution is 9.09. The molecule has 4 saturated heterocycles. The fourth-order valence-electron chi connectivity index (χ4n) is 10.8. The van der Waals surface area contributed by atoms with Gasteiger partial charge in [-0.1, -0.05) is 78.4 Å². The first-order valence-corrected chi connectivity index (χ1v) is 33.9. The Bertz CT molecular complexity index is 2860. The molecule has 28 heteroatoms. The summed E-state index contributed by atoms with van der Waals surface area (Å²) in [4.78, 5) is 49.7. The van der Waals surface area contributed by atoms with Crippen LogP contribution in [-0.4, -0.2) is 209 Å². The molecule has 0 radical (unpaired) electrons. The second-order valence-electron chi connectivity index (χ2n) is 21.4. The summed E-state index contributed by atoms with van der Waals surface area (Å²) >= 11 is 1.72. The summed E-state index contributed by atoms with van der Waals surface area (Å²) in [5.74, 6) is 10.4. The molecule has 2 bridgehead atoms. The zero-order valence-electron chi connectivity index (χ0n) is 51.4. The van der Waals surface area contributed by atoms with Gasteiger partial charge in [0, 0.05) is 66.7 Å². The number of Topliss-reactive ketones (excluding diaryl/α,β-unsaturated/α-hetero) is 1. The number of carbonyl (C=O) groups excluding carboxylic acids is 3. The minimum atomic E-state index is -2.62. The van der Waals surface area contributed by atoms with Crippen molar-refractivity contribution in [3.05, 3.63) is 77.4 Å². The average molecular weight is 1310 g/mol. The molecule has 2 aliphatic carbocycles. The summed E-state index contributed by atoms with van der Waals surface area (Å²) in [6.45, 7) is 17.2. The molecule has 4 heterocycles. The Morgan fingerprint density at radius 3 is 2.25 bits per heavy atom. The van der Waals surface area contributed by atoms with Crippen molar-refractivity contribution in [1.29, 1.82) is 0 Å². The highest BCUT2D eigenvalue weighted by Gasteiger charge is 2.57. The summed E-state index contributed by atoms with van der Waals surface area (Å²) in [6, 6.07) is 1.83. The number of rotatable bonds is 26. The number of aliphatic hydroxyl groups is 3. The van der Waals surface area contributed by atoms with Crippen LogP contribution in [0.15, 0.2) is 71.8 Å². The molecule has 1 unspecified atom stereocenters. The number of ketones is 1. The predicted molar refractivity (Wildman–Crippen MR) is 333 cm³/mol. The predicted octanol–water partition coefficient (Wildman–Crippen LogP) is 5.43. The molecule has 0 saturated carbocycles. The van der Waals surface area contributed by atoms with Crippen LogP contribution < -0.4 is 30.9 Å². The minimum Gasteiger partial charge on any atom is -0.495 e. The fourth-order valence-corrected chi connectivity index (χ4v) is 14.0. The number of carbonyl (C=O) groups is 3. The Labute approximate surface area is 530 Å². The van der Waals surface area contributed by atoms with Crippen molar-refractivity contribution in [1.82, 2.24) is 16.1 Å². The number of ether oxygens (including phenoxy) is 13. The largest absolute Gasteiger partial charge is 0.495 e. The van der Waals surface area contributed by atoms with E-state index in [9.17, 15) is 24.9 Å². The van der Waals surface area contributed by atoms with Crippen molar-refractivity contribution in [2.75, 3.05) is 65.7 Å². The van der Waals surface area contributed by atoms with Gasteiger partial charge in [0.25, 0.3) is 0 Å². The first-order chi connectivity index (χ1) is 42.1. The fraction of sp³-hybridized carbons (Fsp3) is 0.617. The number of hydroxylamine groups is 1. The molecule has 4 aliphatic heterocycles. The van der Waals surface area contributed by atoms with Gasteiger partial charge in [0.2, 0.25) is 5.78 Å². The van der Waals surface area contributed by atoms with Crippen molar-refractivity contribution in [2.45, 2.75) is 175 Å². The van der Waals surface area contributed by atoms with Gasteiger partial charge < -0.3 is 87.5 Å². The molecule has 486 valence electrons. The van der Waals surface area contributed by atoms with Gasteiger partial charge in [-0.2, -0.15) is 17.2 Å². The number of fused-ring (bicyclic) bond motifs is 2. The van der Waals surface area contributed by atoms with E-state index < -0.39 is 116 Å². The van der Waals surface area contributed by atoms with E-state index in [2.05, 4.69) is 58.3 Å². The lowest BCUT2D eigenvalue weighted by Gasteiger charge is -2.47. The molecule has 24 nitrogen and oxygen atoms in total. The topological polar surface area (TPSA) is 289 Å². The summed E-state index contributed by atoms with van der Waals surface area (Å²) < 4.78 is 78.8. The molecule has 1 aromatic carbocycles. The van der Waals surface area contributed by atoms with Crippen LogP contribution in [0.1, 0.15) is 70.7 Å². The van der Waals surface area contributed by atoms with E-state index in [1.54, 1.807) is 31.9 Å². The van der Waals surface area contributed by atoms with Gasteiger partial charge >= 0.3 is 12.1 Å². The maximum Gasteiger partial charge on any atom is 0.411 e. The second-order valence-corrected chi connectivity index (χ2v) is 26.9. The number of hydrogen-bond acceptors (Lipinski definition) is 27. The van der Waals surface area contributed by atoms with E-state index in [1.165, 1.54) is 84.0 Å². The molecule has 0 aromatic heterocycles. The average Bonchev–Trinajstić information content (AvgIpc) is 0.776. The van der Waals surface area contributed by atoms with Gasteiger partial charge in [-0.05, 0) is 61.7 Å². The van der Waals surface area contributed by atoms with Crippen LogP contribution in [0.25, 0.3) is 0 Å². The number of alkyl carbamates (subject to hydrolysis) is 1. The number of esters is 1. The highest BCUT2D eigenvalue weighted by Crippen LogP contribution is 2.44. The van der Waals surface area contributed by atoms with Crippen LogP contribution >= 0.6 is 43.2 Å². The van der Waals surface area contributed by atoms with Crippen LogP contribution in [0.4, 0.5) is 10.5 Å². The monoisotopic (exact) mass is 1310 g/mol. The van der Waals surface area contributed by atoms with Crippen LogP contribution in [0.3, 0.4) is 0 Å². The van der Waals surface area contributed by atoms with Crippen molar-refractivity contribution >= 4 is 66.7 Å². The van der Waals surface area contributed by atoms with E-state index in [0.717, 1.165) is 13.5 Å². The number of thioether (sulfide) groups is 1. The lowest BCUT2D eigenvalue weighted by Crippen LogP contribution is -2.65. The highest BCUT2D eigenvalue weighted by atomic mass is 33.5. The Balaban J connectivity index is 1.27. The van der Waals surface area contributed by atoms with Crippen LogP contribution in [-0.2, 0) is 61.7 Å². The molecule has 6 aliphatic rings. The number of methoxy groups -OCH3 is 5. The Morgan fingerprint density at radius 1 is 0.864 bits per heavy atom. The number of amides is 1. The smallest absolute Gasteiger partial charge is 0.411 e. The summed E-state index contributed by atoms with van der Waals surface area (Å²) in [6.07, 6.45) is -8.02. The summed E-state index contributed by atoms with van der Waals surface area (Å²) in [7, 11) is 11.2. The molecular weight excluding hydrogens is 1220 g/mol. The number of benzene rings is 1. The number of aliphatic hydroxyl groups excluding tert-OH is 2. The normalized spacial score (nSPS) is 33.8. The van der Waals surface area contributed by atoms with Crippen molar-refractivity contribution < 1.29 is 96.1 Å². The molecule has 7 rings (SSSR count). The van der Waals surface area contributed by atoms with Crippen LogP contribution in [0.5, 0.6) is 11.5 Å². The van der Waals surface area contributed by atoms with Gasteiger partial charge in [0.05, 0.1) is 94.2 Å². The number of anilines is 1. The Kier molecular flexibility index (Phi) is 26.7. The molecule has 0 spiro atoms. The molecule has 18 atom stereocenters. The first-order valence-electron chi connectivity index (χ1n) is 28.5. The zero-order valence-corrected chi connectivity index (χ0v) is 54.6. The Hall–Kier alpha value is -4.51. The van der Waals surface area contributed by atoms with Gasteiger partial charge in [0.15, 0.2) is 48.4 Å². The molecule has 88 heavy (non-hydrogen) atoms. The maximum absolute atomic E-state index is 15.6. The van der Waals surface area contributed by atoms with E-state index in [1.807, 2.05) is 33.3 Å². The lowest BCUT2D eigenvalue weighted by molar-refractivity contribution is -0.335. The Morgan fingerprint density at radius 2 is 1.58 bits per heavy atom. The maximum atomic E-state index is 15.6. The lowest BCUT2D eigenvalue weighted by atomic mass is 9.73. The number of nitrogens with one attached hydrogen (secondary N) is 4. The van der Waals surface area contributed by atoms with Crippen LogP contribution in [0.2, 0.25) is 0 Å². The van der Waals surface area contributed by atoms with E-state index >= 15 is 4.79 Å². The zero-order chi connectivity index (χ0) is 64.0. The standard InChI is InChI=1S/C60H82N4O20S4/c1-30(2)61-39-29-76-47(27-41(39)72-9)82-55-53(66)50(64-84-46-21-20-45(85-13)33(5)77-46)34(6)79-58(55)81-40-19-17-15-16-18-23-60(70)37(22-24-87-88-86-14)49(40)51(63-59(69)75-12)54(67)56(60)83-48-28-44(52(65)35(7)78-48)80-57(68)36-25-42(73-10)43(74-11)26-38(36)62-31(3)32(4)71-8/h15-16,22,25-26,30,33-35,39-41,44-48,50,52-53,55-56,58,61-62,64-66,70H,3-4,20-21,24,27-29H2,1-2,5-14H3,(H,63,69)/b16-15-,37-22+/t33-,34+,35+,39+,40+,41+,44+,45+,46+,47+,48?,50-,52+,53+,55-,56-,58+,60-/m1/s1. The molecule has 7 N–H and O–H groups in total. The van der Waals surface area contributed by atoms with E-state index in [0.29, 0.717) is 6.42 Å². The number of allylic oxidation sites excluding steroid dienone is 2. The molecule has 4 fully saturated rings. The molecular formula is C60H82N4O20S4. The third-order valence-corrected chi connectivity index (χ3v) is 20.3. The van der Waals surface area contributed by atoms with Crippen molar-refractivity contribution in [3.8, 4) is 35.2 Å². The van der Waals surface area contributed by atoms with Gasteiger partial charge in [-0.3, -0.25) is 14.9 Å². The van der Waals surface area contributed by atoms with Crippen molar-refractivity contribution in [3.63, 3.8) is 0 Å². The molecule has 1 amide bonds. The third-order valence-electron chi connectivity index (χ3n) is 15.3. The van der Waals surface area contributed by atoms with E-state index in [-0.39, 0.29) is 93.7 Å². The van der Waals surface area contributed by atoms with Crippen LogP contribution in [0, 0.1) is 23.7 Å². The second kappa shape index (κ2) is 33.2.